The Bertz CT molecular complexity index is 629. The second-order valence-electron chi connectivity index (χ2n) is 5.86. The maximum Gasteiger partial charge on any atom is 0.131 e. The van der Waals surface area contributed by atoms with Gasteiger partial charge >= 0.3 is 0 Å². The van der Waals surface area contributed by atoms with Crippen LogP contribution in [0.25, 0.3) is 11.1 Å². The van der Waals surface area contributed by atoms with Crippen LogP contribution < -0.4 is 5.32 Å². The number of rotatable bonds is 6. The average molecular weight is 287 g/mol. The summed E-state index contributed by atoms with van der Waals surface area (Å²) in [5, 5.41) is 7.93. The molecule has 4 heteroatoms. The topological polar surface area (TPSA) is 29.9 Å². The Kier molecular flexibility index (Phi) is 4.06. The summed E-state index contributed by atoms with van der Waals surface area (Å²) in [6, 6.07) is 6.04. The van der Waals surface area contributed by atoms with Gasteiger partial charge in [0.1, 0.15) is 5.82 Å². The average Bonchev–Trinajstić information content (AvgIpc) is 3.22. The van der Waals surface area contributed by atoms with Crippen LogP contribution in [0.4, 0.5) is 4.39 Å². The second-order valence-corrected chi connectivity index (χ2v) is 5.86. The van der Waals surface area contributed by atoms with Gasteiger partial charge in [-0.1, -0.05) is 13.0 Å². The molecule has 3 rings (SSSR count). The van der Waals surface area contributed by atoms with Gasteiger partial charge in [-0.3, -0.25) is 4.68 Å². The zero-order valence-electron chi connectivity index (χ0n) is 12.7. The van der Waals surface area contributed by atoms with Gasteiger partial charge in [0, 0.05) is 36.5 Å². The highest BCUT2D eigenvalue weighted by molar-refractivity contribution is 5.66. The first kappa shape index (κ1) is 14.3. The lowest BCUT2D eigenvalue weighted by molar-refractivity contribution is 0.598. The molecule has 1 aromatic carbocycles. The first-order chi connectivity index (χ1) is 10.2. The first-order valence-electron chi connectivity index (χ1n) is 7.73. The van der Waals surface area contributed by atoms with E-state index >= 15 is 0 Å². The summed E-state index contributed by atoms with van der Waals surface area (Å²) in [5.41, 5.74) is 3.56. The molecule has 0 radical (unpaired) electrons. The summed E-state index contributed by atoms with van der Waals surface area (Å²) in [7, 11) is 0. The quantitative estimate of drug-likeness (QED) is 0.878. The van der Waals surface area contributed by atoms with Gasteiger partial charge in [0.2, 0.25) is 0 Å². The molecule has 0 unspecified atom stereocenters. The molecule has 1 aliphatic carbocycles. The van der Waals surface area contributed by atoms with Crippen molar-refractivity contribution in [3.63, 3.8) is 0 Å². The van der Waals surface area contributed by atoms with Crippen molar-refractivity contribution in [2.24, 2.45) is 0 Å². The van der Waals surface area contributed by atoms with Gasteiger partial charge in [-0.2, -0.15) is 5.10 Å². The third kappa shape index (κ3) is 3.32. The molecule has 2 aromatic rings. The van der Waals surface area contributed by atoms with Gasteiger partial charge in [0.25, 0.3) is 0 Å². The molecule has 0 atom stereocenters. The van der Waals surface area contributed by atoms with E-state index in [2.05, 4.69) is 17.3 Å². The number of hydrogen-bond donors (Lipinski definition) is 1. The number of aromatic nitrogens is 2. The highest BCUT2D eigenvalue weighted by Gasteiger charge is 2.20. The highest BCUT2D eigenvalue weighted by atomic mass is 19.1. The normalized spacial score (nSPS) is 14.6. The van der Waals surface area contributed by atoms with Crippen LogP contribution >= 0.6 is 0 Å². The van der Waals surface area contributed by atoms with Gasteiger partial charge in [0.15, 0.2) is 0 Å². The van der Waals surface area contributed by atoms with E-state index in [0.29, 0.717) is 11.6 Å². The van der Waals surface area contributed by atoms with Crippen molar-refractivity contribution in [2.45, 2.75) is 52.2 Å². The van der Waals surface area contributed by atoms with Gasteiger partial charge < -0.3 is 5.32 Å². The molecule has 0 bridgehead atoms. The van der Waals surface area contributed by atoms with Crippen molar-refractivity contribution in [2.75, 3.05) is 0 Å². The SMILES string of the molecule is CCCn1cc(-c2cc(CNC3CC3)ccc2F)c(C)n1. The molecular weight excluding hydrogens is 265 g/mol. The zero-order chi connectivity index (χ0) is 14.8. The Morgan fingerprint density at radius 3 is 2.86 bits per heavy atom. The predicted octanol–water partition coefficient (Wildman–Crippen LogP) is 3.66. The molecule has 0 aliphatic heterocycles. The number of aryl methyl sites for hydroxylation is 2. The summed E-state index contributed by atoms with van der Waals surface area (Å²) < 4.78 is 16.1. The molecule has 1 saturated carbocycles. The molecule has 0 spiro atoms. The fraction of sp³-hybridized carbons (Fsp3) is 0.471. The molecule has 0 amide bonds. The maximum absolute atomic E-state index is 14.2. The number of halogens is 1. The Hall–Kier alpha value is -1.68. The fourth-order valence-electron chi connectivity index (χ4n) is 2.56. The lowest BCUT2D eigenvalue weighted by Crippen LogP contribution is -2.15. The monoisotopic (exact) mass is 287 g/mol. The van der Waals surface area contributed by atoms with Crippen LogP contribution in [-0.2, 0) is 13.1 Å². The Labute approximate surface area is 125 Å². The van der Waals surface area contributed by atoms with Gasteiger partial charge in [-0.15, -0.1) is 0 Å². The lowest BCUT2D eigenvalue weighted by Gasteiger charge is -2.07. The number of nitrogens with zero attached hydrogens (tertiary/aromatic N) is 2. The van der Waals surface area contributed by atoms with E-state index in [1.165, 1.54) is 12.8 Å². The van der Waals surface area contributed by atoms with Crippen molar-refractivity contribution in [1.29, 1.82) is 0 Å². The van der Waals surface area contributed by atoms with Crippen molar-refractivity contribution in [3.05, 3.63) is 41.5 Å². The molecule has 1 aromatic heterocycles. The maximum atomic E-state index is 14.2. The van der Waals surface area contributed by atoms with Crippen LogP contribution in [0, 0.1) is 12.7 Å². The van der Waals surface area contributed by atoms with Crippen LogP contribution in [0.3, 0.4) is 0 Å². The van der Waals surface area contributed by atoms with E-state index in [9.17, 15) is 4.39 Å². The summed E-state index contributed by atoms with van der Waals surface area (Å²) in [6.07, 6.45) is 5.50. The molecule has 1 fully saturated rings. The van der Waals surface area contributed by atoms with Gasteiger partial charge in [-0.25, -0.2) is 4.39 Å². The molecule has 0 saturated heterocycles. The minimum Gasteiger partial charge on any atom is -0.310 e. The smallest absolute Gasteiger partial charge is 0.131 e. The van der Waals surface area contributed by atoms with Crippen LogP contribution in [0.2, 0.25) is 0 Å². The lowest BCUT2D eigenvalue weighted by atomic mass is 10.0. The van der Waals surface area contributed by atoms with E-state index < -0.39 is 0 Å². The van der Waals surface area contributed by atoms with Crippen molar-refractivity contribution >= 4 is 0 Å². The molecule has 1 N–H and O–H groups in total. The first-order valence-corrected chi connectivity index (χ1v) is 7.73. The number of benzene rings is 1. The number of nitrogens with one attached hydrogen (secondary N) is 1. The Balaban J connectivity index is 1.86. The van der Waals surface area contributed by atoms with E-state index in [4.69, 9.17) is 0 Å². The summed E-state index contributed by atoms with van der Waals surface area (Å²) >= 11 is 0. The van der Waals surface area contributed by atoms with E-state index in [1.54, 1.807) is 6.07 Å². The number of hydrogen-bond acceptors (Lipinski definition) is 2. The standard InChI is InChI=1S/C17H22FN3/c1-3-8-21-11-16(12(2)20-21)15-9-13(4-7-17(15)18)10-19-14-5-6-14/h4,7,9,11,14,19H,3,5-6,8,10H2,1-2H3. The minimum absolute atomic E-state index is 0.177. The third-order valence-electron chi connectivity index (χ3n) is 3.89. The fourth-order valence-corrected chi connectivity index (χ4v) is 2.56. The van der Waals surface area contributed by atoms with Crippen LogP contribution in [0.1, 0.15) is 37.4 Å². The van der Waals surface area contributed by atoms with E-state index in [1.807, 2.05) is 29.9 Å². The van der Waals surface area contributed by atoms with Crippen LogP contribution in [-0.4, -0.2) is 15.8 Å². The van der Waals surface area contributed by atoms with Crippen molar-refractivity contribution in [3.8, 4) is 11.1 Å². The minimum atomic E-state index is -0.177. The van der Waals surface area contributed by atoms with Crippen LogP contribution in [0.15, 0.2) is 24.4 Å². The Morgan fingerprint density at radius 1 is 1.33 bits per heavy atom. The second kappa shape index (κ2) is 5.98. The van der Waals surface area contributed by atoms with Crippen molar-refractivity contribution in [1.82, 2.24) is 15.1 Å². The van der Waals surface area contributed by atoms with Gasteiger partial charge in [-0.05, 0) is 43.9 Å². The van der Waals surface area contributed by atoms with Gasteiger partial charge in [0.05, 0.1) is 5.69 Å². The highest BCUT2D eigenvalue weighted by Crippen LogP contribution is 2.27. The zero-order valence-corrected chi connectivity index (χ0v) is 12.7. The summed E-state index contributed by atoms with van der Waals surface area (Å²) in [5.74, 6) is -0.177. The van der Waals surface area contributed by atoms with E-state index in [-0.39, 0.29) is 5.82 Å². The molecule has 3 nitrogen and oxygen atoms in total. The molecule has 21 heavy (non-hydrogen) atoms. The van der Waals surface area contributed by atoms with Crippen LogP contribution in [0.5, 0.6) is 0 Å². The molecule has 1 aliphatic rings. The summed E-state index contributed by atoms with van der Waals surface area (Å²) in [6.45, 7) is 5.73. The van der Waals surface area contributed by atoms with Crippen molar-refractivity contribution < 1.29 is 4.39 Å². The largest absolute Gasteiger partial charge is 0.310 e. The molecular formula is C17H22FN3. The van der Waals surface area contributed by atoms with E-state index in [0.717, 1.165) is 36.3 Å². The molecule has 1 heterocycles. The summed E-state index contributed by atoms with van der Waals surface area (Å²) in [4.78, 5) is 0. The molecule has 112 valence electrons. The predicted molar refractivity (Wildman–Crippen MR) is 82.5 cm³/mol. The Morgan fingerprint density at radius 2 is 2.14 bits per heavy atom. The third-order valence-corrected chi connectivity index (χ3v) is 3.89.